The number of halogens is 1. The third-order valence-electron chi connectivity index (χ3n) is 3.41. The molecule has 0 aliphatic rings. The van der Waals surface area contributed by atoms with Gasteiger partial charge in [-0.25, -0.2) is 13.1 Å². The zero-order valence-corrected chi connectivity index (χ0v) is 15.3. The fraction of sp³-hybridized carbons (Fsp3) is 0.188. The van der Waals surface area contributed by atoms with Gasteiger partial charge in [0.05, 0.1) is 17.4 Å². The van der Waals surface area contributed by atoms with E-state index in [0.717, 1.165) is 16.1 Å². The van der Waals surface area contributed by atoms with Gasteiger partial charge in [0.15, 0.2) is 4.90 Å². The fourth-order valence-corrected chi connectivity index (χ4v) is 3.96. The molecule has 0 saturated heterocycles. The largest absolute Gasteiger partial charge is 0.289 e. The van der Waals surface area contributed by atoms with Crippen molar-refractivity contribution >= 4 is 31.6 Å². The Bertz CT molecular complexity index is 908. The predicted molar refractivity (Wildman–Crippen MR) is 95.3 cm³/mol. The third kappa shape index (κ3) is 5.09. The summed E-state index contributed by atoms with van der Waals surface area (Å²) in [6.07, 6.45) is 0.233. The lowest BCUT2D eigenvalue weighted by atomic mass is 10.1. The maximum atomic E-state index is 12.6. The number of hydrogen-bond donors (Lipinski definition) is 1. The average molecular weight is 424 g/mol. The van der Waals surface area contributed by atoms with Crippen molar-refractivity contribution in [1.29, 1.82) is 5.26 Å². The molecule has 1 N–H and O–H groups in total. The summed E-state index contributed by atoms with van der Waals surface area (Å²) in [7, 11) is -4.14. The van der Waals surface area contributed by atoms with E-state index in [0.29, 0.717) is 6.42 Å². The second-order valence-electron chi connectivity index (χ2n) is 5.24. The van der Waals surface area contributed by atoms with E-state index < -0.39 is 31.6 Å². The van der Waals surface area contributed by atoms with Gasteiger partial charge in [-0.3, -0.25) is 10.1 Å². The highest BCUT2D eigenvalue weighted by molar-refractivity contribution is 9.10. The molecule has 0 aliphatic heterocycles. The van der Waals surface area contributed by atoms with Crippen LogP contribution >= 0.6 is 15.9 Å². The van der Waals surface area contributed by atoms with E-state index in [2.05, 4.69) is 20.7 Å². The molecule has 0 heterocycles. The van der Waals surface area contributed by atoms with Crippen LogP contribution in [0, 0.1) is 21.4 Å². The van der Waals surface area contributed by atoms with Gasteiger partial charge in [0.25, 0.3) is 5.69 Å². The van der Waals surface area contributed by atoms with Gasteiger partial charge in [-0.05, 0) is 30.2 Å². The summed E-state index contributed by atoms with van der Waals surface area (Å²) in [4.78, 5) is 9.89. The van der Waals surface area contributed by atoms with Gasteiger partial charge in [-0.1, -0.05) is 40.2 Å². The molecule has 0 fully saturated rings. The minimum absolute atomic E-state index is 0.0596. The van der Waals surface area contributed by atoms with E-state index in [4.69, 9.17) is 5.26 Å². The van der Waals surface area contributed by atoms with Crippen LogP contribution in [-0.2, 0) is 16.4 Å². The Morgan fingerprint density at radius 2 is 1.84 bits per heavy atom. The highest BCUT2D eigenvalue weighted by Crippen LogP contribution is 2.23. The molecule has 2 rings (SSSR count). The van der Waals surface area contributed by atoms with Crippen molar-refractivity contribution in [3.63, 3.8) is 0 Å². The molecule has 0 radical (unpaired) electrons. The highest BCUT2D eigenvalue weighted by Gasteiger charge is 2.27. The Labute approximate surface area is 153 Å². The van der Waals surface area contributed by atoms with Gasteiger partial charge >= 0.3 is 0 Å². The van der Waals surface area contributed by atoms with Crippen molar-refractivity contribution in [3.8, 4) is 6.07 Å². The number of benzene rings is 2. The number of nitro groups is 1. The van der Waals surface area contributed by atoms with Gasteiger partial charge in [-0.15, -0.1) is 0 Å². The molecule has 0 unspecified atom stereocenters. The van der Waals surface area contributed by atoms with Gasteiger partial charge in [0.2, 0.25) is 10.0 Å². The summed E-state index contributed by atoms with van der Waals surface area (Å²) in [6.45, 7) is 0. The van der Waals surface area contributed by atoms with Gasteiger partial charge in [-0.2, -0.15) is 5.26 Å². The third-order valence-corrected chi connectivity index (χ3v) is 5.50. The van der Waals surface area contributed by atoms with Crippen LogP contribution in [0.5, 0.6) is 0 Å². The van der Waals surface area contributed by atoms with Gasteiger partial charge < -0.3 is 0 Å². The summed E-state index contributed by atoms with van der Waals surface area (Å²) in [5.74, 6) is 0. The molecule has 0 spiro atoms. The normalized spacial score (nSPS) is 12.3. The van der Waals surface area contributed by atoms with E-state index in [1.807, 2.05) is 30.3 Å². The Morgan fingerprint density at radius 3 is 2.44 bits per heavy atom. The van der Waals surface area contributed by atoms with Crippen LogP contribution in [0.4, 0.5) is 5.69 Å². The van der Waals surface area contributed by atoms with Crippen molar-refractivity contribution < 1.29 is 13.3 Å². The minimum atomic E-state index is -4.14. The molecule has 0 bridgehead atoms. The lowest BCUT2D eigenvalue weighted by Crippen LogP contribution is -2.36. The number of nitriles is 1. The first-order valence-corrected chi connectivity index (χ1v) is 9.48. The molecule has 0 aliphatic carbocycles. The number of nitrogens with zero attached hydrogens (tertiary/aromatic N) is 2. The Hall–Kier alpha value is -2.28. The number of sulfonamides is 1. The van der Waals surface area contributed by atoms with Crippen molar-refractivity contribution in [2.75, 3.05) is 0 Å². The van der Waals surface area contributed by atoms with Crippen LogP contribution < -0.4 is 4.72 Å². The van der Waals surface area contributed by atoms with Crippen molar-refractivity contribution in [2.45, 2.75) is 23.8 Å². The molecule has 0 saturated carbocycles. The van der Waals surface area contributed by atoms with Crippen LogP contribution in [0.2, 0.25) is 0 Å². The molecule has 9 heteroatoms. The maximum absolute atomic E-state index is 12.6. The molecule has 1 atom stereocenters. The van der Waals surface area contributed by atoms with Crippen molar-refractivity contribution in [3.05, 3.63) is 68.7 Å². The summed E-state index contributed by atoms with van der Waals surface area (Å²) in [5.41, 5.74) is 0.336. The quantitative estimate of drug-likeness (QED) is 0.542. The van der Waals surface area contributed by atoms with Crippen LogP contribution in [0.1, 0.15) is 12.0 Å². The van der Waals surface area contributed by atoms with E-state index >= 15 is 0 Å². The number of hydrogen-bond acceptors (Lipinski definition) is 5. The van der Waals surface area contributed by atoms with Crippen molar-refractivity contribution in [2.24, 2.45) is 0 Å². The molecule has 2 aromatic rings. The number of para-hydroxylation sites is 1. The second-order valence-corrected chi connectivity index (χ2v) is 7.83. The van der Waals surface area contributed by atoms with Crippen molar-refractivity contribution in [1.82, 2.24) is 4.72 Å². The highest BCUT2D eigenvalue weighted by atomic mass is 79.9. The van der Waals surface area contributed by atoms with E-state index in [1.165, 1.54) is 18.2 Å². The smallest absolute Gasteiger partial charge is 0.258 e. The first-order chi connectivity index (χ1) is 11.8. The van der Waals surface area contributed by atoms with E-state index in [9.17, 15) is 18.5 Å². The molecule has 2 aromatic carbocycles. The molecular weight excluding hydrogens is 410 g/mol. The Balaban J connectivity index is 2.28. The predicted octanol–water partition coefficient (Wildman–Crippen LogP) is 3.16. The Morgan fingerprint density at radius 1 is 1.20 bits per heavy atom. The first kappa shape index (κ1) is 19.1. The van der Waals surface area contributed by atoms with Gasteiger partial charge in [0.1, 0.15) is 0 Å². The molecule has 130 valence electrons. The minimum Gasteiger partial charge on any atom is -0.258 e. The molecule has 0 amide bonds. The first-order valence-electron chi connectivity index (χ1n) is 7.20. The second kappa shape index (κ2) is 8.20. The summed E-state index contributed by atoms with van der Waals surface area (Å²) in [6, 6.07) is 13.6. The lowest BCUT2D eigenvalue weighted by molar-refractivity contribution is -0.387. The Kier molecular flexibility index (Phi) is 6.25. The van der Waals surface area contributed by atoms with Crippen LogP contribution in [0.15, 0.2) is 57.9 Å². The molecule has 25 heavy (non-hydrogen) atoms. The maximum Gasteiger partial charge on any atom is 0.289 e. The molecule has 7 nitrogen and oxygen atoms in total. The van der Waals surface area contributed by atoms with Crippen LogP contribution in [0.25, 0.3) is 0 Å². The zero-order chi connectivity index (χ0) is 18.4. The number of rotatable bonds is 7. The zero-order valence-electron chi connectivity index (χ0n) is 12.9. The summed E-state index contributed by atoms with van der Waals surface area (Å²) in [5, 5.41) is 20.0. The summed E-state index contributed by atoms with van der Waals surface area (Å²) < 4.78 is 28.4. The lowest BCUT2D eigenvalue weighted by Gasteiger charge is -2.16. The monoisotopic (exact) mass is 423 g/mol. The SMILES string of the molecule is N#CC[C@@H](Cc1ccc(Br)cc1)NS(=O)(=O)c1ccccc1[N+](=O)[O-]. The number of nitrogens with one attached hydrogen (secondary N) is 1. The van der Waals surface area contributed by atoms with Gasteiger partial charge in [0, 0.05) is 16.6 Å². The molecule has 0 aromatic heterocycles. The standard InChI is InChI=1S/C16H14BrN3O4S/c17-13-7-5-12(6-8-13)11-14(9-10-18)19-25(23,24)16-4-2-1-3-15(16)20(21)22/h1-8,14,19H,9,11H2/t14-/m0/s1. The summed E-state index contributed by atoms with van der Waals surface area (Å²) >= 11 is 3.32. The van der Waals surface area contributed by atoms with E-state index in [-0.39, 0.29) is 6.42 Å². The average Bonchev–Trinajstić information content (AvgIpc) is 2.57. The van der Waals surface area contributed by atoms with Crippen LogP contribution in [0.3, 0.4) is 0 Å². The van der Waals surface area contributed by atoms with E-state index in [1.54, 1.807) is 0 Å². The van der Waals surface area contributed by atoms with Crippen LogP contribution in [-0.4, -0.2) is 19.4 Å². The topological polar surface area (TPSA) is 113 Å². The number of nitro benzene ring substituents is 1. The fourth-order valence-electron chi connectivity index (χ4n) is 2.29. The molecular formula is C16H14BrN3O4S.